The summed E-state index contributed by atoms with van der Waals surface area (Å²) in [6, 6.07) is 28.1. The SMILES string of the molecule is CC(C)c1nc(C(c2ccccc2)c2ccccc2)cc(-c2ccc(F)cc2)c1C#COC(=O)CC(O)C[PH](=O)O. The Bertz CT molecular complexity index is 1530. The molecule has 6 nitrogen and oxygen atoms in total. The van der Waals surface area contributed by atoms with Crippen LogP contribution in [0.5, 0.6) is 0 Å². The summed E-state index contributed by atoms with van der Waals surface area (Å²) >= 11 is 0. The van der Waals surface area contributed by atoms with Crippen molar-refractivity contribution < 1.29 is 28.5 Å². The first kappa shape index (κ1) is 29.9. The summed E-state index contributed by atoms with van der Waals surface area (Å²) in [4.78, 5) is 26.3. The third kappa shape index (κ3) is 7.99. The molecule has 4 aromatic rings. The zero-order valence-electron chi connectivity index (χ0n) is 22.8. The number of aliphatic hydroxyl groups is 1. The lowest BCUT2D eigenvalue weighted by atomic mass is 9.85. The predicted octanol–water partition coefficient (Wildman–Crippen LogP) is 6.26. The summed E-state index contributed by atoms with van der Waals surface area (Å²) in [5, 5.41) is 9.78. The molecular formula is C33H31FNO5P. The molecule has 0 saturated carbocycles. The Morgan fingerprint density at radius 3 is 2.10 bits per heavy atom. The van der Waals surface area contributed by atoms with Crippen LogP contribution >= 0.6 is 8.03 Å². The molecule has 0 aliphatic rings. The molecule has 2 atom stereocenters. The largest absolute Gasteiger partial charge is 0.392 e. The van der Waals surface area contributed by atoms with Crippen LogP contribution in [0.2, 0.25) is 0 Å². The van der Waals surface area contributed by atoms with Gasteiger partial charge in [0.25, 0.3) is 0 Å². The highest BCUT2D eigenvalue weighted by Gasteiger charge is 2.23. The molecule has 8 heteroatoms. The van der Waals surface area contributed by atoms with E-state index in [9.17, 15) is 18.9 Å². The van der Waals surface area contributed by atoms with Gasteiger partial charge in [-0.1, -0.05) is 86.6 Å². The molecule has 41 heavy (non-hydrogen) atoms. The minimum Gasteiger partial charge on any atom is -0.392 e. The quantitative estimate of drug-likeness (QED) is 0.140. The van der Waals surface area contributed by atoms with Crippen LogP contribution in [0.3, 0.4) is 0 Å². The van der Waals surface area contributed by atoms with Crippen molar-refractivity contribution in [1.29, 1.82) is 0 Å². The van der Waals surface area contributed by atoms with Crippen LogP contribution in [0.1, 0.15) is 60.2 Å². The van der Waals surface area contributed by atoms with E-state index in [-0.39, 0.29) is 17.7 Å². The van der Waals surface area contributed by atoms with Gasteiger partial charge in [-0.05, 0) is 46.7 Å². The average molecular weight is 572 g/mol. The monoisotopic (exact) mass is 571 g/mol. The van der Waals surface area contributed by atoms with Gasteiger partial charge in [0.1, 0.15) is 11.9 Å². The zero-order chi connectivity index (χ0) is 29.4. The smallest absolute Gasteiger partial charge is 0.322 e. The van der Waals surface area contributed by atoms with E-state index >= 15 is 0 Å². The Morgan fingerprint density at radius 1 is 0.976 bits per heavy atom. The Balaban J connectivity index is 1.84. The second-order valence-electron chi connectivity index (χ2n) is 9.93. The number of hydrogen-bond donors (Lipinski definition) is 2. The van der Waals surface area contributed by atoms with E-state index in [1.807, 2.05) is 56.3 Å². The van der Waals surface area contributed by atoms with Gasteiger partial charge < -0.3 is 14.7 Å². The number of halogens is 1. The normalized spacial score (nSPS) is 12.5. The Labute approximate surface area is 239 Å². The van der Waals surface area contributed by atoms with Crippen LogP contribution in [0.25, 0.3) is 11.1 Å². The third-order valence-corrected chi connectivity index (χ3v) is 7.30. The number of carbonyl (C=O) groups excluding carboxylic acids is 1. The van der Waals surface area contributed by atoms with Gasteiger partial charge in [0, 0.05) is 11.7 Å². The maximum atomic E-state index is 13.9. The van der Waals surface area contributed by atoms with Crippen molar-refractivity contribution >= 4 is 14.0 Å². The fourth-order valence-corrected chi connectivity index (χ4v) is 5.15. The van der Waals surface area contributed by atoms with Gasteiger partial charge >= 0.3 is 5.97 Å². The van der Waals surface area contributed by atoms with E-state index in [0.29, 0.717) is 16.8 Å². The van der Waals surface area contributed by atoms with Gasteiger partial charge in [-0.25, -0.2) is 4.39 Å². The number of benzene rings is 3. The molecule has 0 radical (unpaired) electrons. The summed E-state index contributed by atoms with van der Waals surface area (Å²) in [6.07, 6.45) is 0.284. The summed E-state index contributed by atoms with van der Waals surface area (Å²) in [5.74, 6) is 1.49. The highest BCUT2D eigenvalue weighted by molar-refractivity contribution is 7.38. The van der Waals surface area contributed by atoms with Crippen LogP contribution in [0.4, 0.5) is 4.39 Å². The molecule has 0 bridgehead atoms. The first-order valence-corrected chi connectivity index (χ1v) is 14.8. The molecule has 0 aliphatic heterocycles. The second kappa shape index (κ2) is 14.0. The van der Waals surface area contributed by atoms with Gasteiger partial charge in [-0.15, -0.1) is 0 Å². The molecule has 1 heterocycles. The molecule has 210 valence electrons. The average Bonchev–Trinajstić information content (AvgIpc) is 2.94. The molecule has 0 aliphatic carbocycles. The van der Waals surface area contributed by atoms with Crippen molar-refractivity contribution in [2.75, 3.05) is 6.16 Å². The molecule has 4 rings (SSSR count). The summed E-state index contributed by atoms with van der Waals surface area (Å²) in [6.45, 7) is 3.98. The molecule has 2 N–H and O–H groups in total. The summed E-state index contributed by atoms with van der Waals surface area (Å²) < 4.78 is 29.9. The fraction of sp³-hybridized carbons (Fsp3) is 0.212. The van der Waals surface area contributed by atoms with Crippen molar-refractivity contribution in [3.8, 4) is 23.2 Å². The second-order valence-corrected chi connectivity index (χ2v) is 11.1. The fourth-order valence-electron chi connectivity index (χ4n) is 4.61. The highest BCUT2D eigenvalue weighted by Crippen LogP contribution is 2.36. The Kier molecular flexibility index (Phi) is 10.2. The van der Waals surface area contributed by atoms with Crippen molar-refractivity contribution in [3.05, 3.63) is 125 Å². The van der Waals surface area contributed by atoms with Gasteiger partial charge in [-0.2, -0.15) is 0 Å². The Morgan fingerprint density at radius 2 is 1.56 bits per heavy atom. The Hall–Kier alpha value is -4.08. The first-order chi connectivity index (χ1) is 19.7. The number of carbonyl (C=O) groups is 1. The van der Waals surface area contributed by atoms with E-state index < -0.39 is 32.7 Å². The summed E-state index contributed by atoms with van der Waals surface area (Å²) in [7, 11) is -2.93. The molecule has 0 fully saturated rings. The van der Waals surface area contributed by atoms with Crippen LogP contribution in [-0.2, 0) is 14.1 Å². The molecule has 1 aromatic heterocycles. The molecule has 0 saturated heterocycles. The van der Waals surface area contributed by atoms with Crippen molar-refractivity contribution in [3.63, 3.8) is 0 Å². The minimum atomic E-state index is -2.93. The lowest BCUT2D eigenvalue weighted by molar-refractivity contribution is -0.138. The zero-order valence-corrected chi connectivity index (χ0v) is 23.8. The number of aromatic nitrogens is 1. The lowest BCUT2D eigenvalue weighted by Crippen LogP contribution is -2.16. The molecular weight excluding hydrogens is 540 g/mol. The van der Waals surface area contributed by atoms with Gasteiger partial charge in [0.15, 0.2) is 8.03 Å². The van der Waals surface area contributed by atoms with E-state index in [1.165, 1.54) is 12.1 Å². The van der Waals surface area contributed by atoms with Gasteiger partial charge in [0.05, 0.1) is 35.4 Å². The van der Waals surface area contributed by atoms with Crippen molar-refractivity contribution in [2.45, 2.75) is 38.2 Å². The number of esters is 1. The van der Waals surface area contributed by atoms with Gasteiger partial charge in [-0.3, -0.25) is 14.3 Å². The topological polar surface area (TPSA) is 96.7 Å². The van der Waals surface area contributed by atoms with Crippen LogP contribution in [0, 0.1) is 17.8 Å². The summed E-state index contributed by atoms with van der Waals surface area (Å²) in [5.41, 5.74) is 5.54. The van der Waals surface area contributed by atoms with Crippen molar-refractivity contribution in [1.82, 2.24) is 4.98 Å². The third-order valence-electron chi connectivity index (χ3n) is 6.48. The molecule has 2 unspecified atom stereocenters. The van der Waals surface area contributed by atoms with E-state index in [1.54, 1.807) is 12.1 Å². The maximum absolute atomic E-state index is 13.9. The number of ether oxygens (including phenoxy) is 1. The highest BCUT2D eigenvalue weighted by atomic mass is 31.1. The predicted molar refractivity (Wildman–Crippen MR) is 157 cm³/mol. The van der Waals surface area contributed by atoms with Gasteiger partial charge in [0.2, 0.25) is 0 Å². The standard InChI is InChI=1S/C33H31FNO5P/c1-22(2)33-28(17-18-40-31(37)19-27(36)21-41(38)39)29(23-13-15-26(34)16-14-23)20-30(35-33)32(24-9-5-3-6-10-24)25-11-7-4-8-12-25/h3-16,20,22,27,32,36,41H,19,21H2,1-2H3,(H,38,39). The van der Waals surface area contributed by atoms with E-state index in [2.05, 4.69) is 36.3 Å². The minimum absolute atomic E-state index is 0.0645. The van der Waals surface area contributed by atoms with E-state index in [0.717, 1.165) is 22.4 Å². The molecule has 0 spiro atoms. The van der Waals surface area contributed by atoms with Crippen LogP contribution in [-0.4, -0.2) is 33.2 Å². The van der Waals surface area contributed by atoms with Crippen LogP contribution < -0.4 is 0 Å². The first-order valence-electron chi connectivity index (χ1n) is 13.2. The number of rotatable bonds is 9. The number of nitrogens with zero attached hydrogens (tertiary/aromatic N) is 1. The number of pyridine rings is 1. The van der Waals surface area contributed by atoms with E-state index in [4.69, 9.17) is 14.6 Å². The number of aliphatic hydroxyl groups excluding tert-OH is 1. The van der Waals surface area contributed by atoms with Crippen molar-refractivity contribution in [2.24, 2.45) is 0 Å². The van der Waals surface area contributed by atoms with Crippen LogP contribution in [0.15, 0.2) is 91.0 Å². The number of hydrogen-bond acceptors (Lipinski definition) is 5. The lowest BCUT2D eigenvalue weighted by Gasteiger charge is -2.22. The molecule has 0 amide bonds. The molecule has 3 aromatic carbocycles. The maximum Gasteiger partial charge on any atom is 0.322 e.